The normalized spacial score (nSPS) is 20.1. The fourth-order valence-corrected chi connectivity index (χ4v) is 9.74. The number of benzene rings is 1. The average Bonchev–Trinajstić information content (AvgIpc) is 3.87. The molecule has 3 aliphatic rings. The number of aromatic nitrogens is 5. The molecule has 1 saturated carbocycles. The molecule has 8 rings (SSSR count). The fourth-order valence-electron chi connectivity index (χ4n) is 9.74. The van der Waals surface area contributed by atoms with Crippen molar-refractivity contribution in [3.05, 3.63) is 83.1 Å². The number of carbonyl (C=O) groups excluding carboxylic acids is 2. The number of aliphatic hydroxyl groups is 1. The van der Waals surface area contributed by atoms with Crippen molar-refractivity contribution < 1.29 is 24.6 Å². The van der Waals surface area contributed by atoms with Gasteiger partial charge in [-0.3, -0.25) is 33.8 Å². The molecule has 2 saturated heterocycles. The molecule has 0 radical (unpaired) electrons. The molecule has 1 unspecified atom stereocenters. The van der Waals surface area contributed by atoms with Gasteiger partial charge < -0.3 is 26.2 Å². The molecule has 1 aliphatic carbocycles. The first-order valence-corrected chi connectivity index (χ1v) is 21.4. The summed E-state index contributed by atoms with van der Waals surface area (Å²) in [6, 6.07) is 16.1. The summed E-state index contributed by atoms with van der Waals surface area (Å²) in [5, 5.41) is 42.7. The van der Waals surface area contributed by atoms with Gasteiger partial charge in [0.1, 0.15) is 11.8 Å². The Bertz CT molecular complexity index is 2480. The highest BCUT2D eigenvalue weighted by Gasteiger charge is 2.33. The predicted molar refractivity (Wildman–Crippen MR) is 230 cm³/mol. The number of rotatable bonds is 12. The Balaban J connectivity index is 0.836. The van der Waals surface area contributed by atoms with E-state index in [0.29, 0.717) is 45.8 Å². The molecule has 3 fully saturated rings. The molecule has 16 heteroatoms. The minimum Gasteiger partial charge on any atom is -0.481 e. The summed E-state index contributed by atoms with van der Waals surface area (Å²) in [4.78, 5) is 49.1. The van der Waals surface area contributed by atoms with Crippen molar-refractivity contribution in [2.45, 2.75) is 102 Å². The first kappa shape index (κ1) is 41.8. The zero-order valence-corrected chi connectivity index (χ0v) is 35.1. The summed E-state index contributed by atoms with van der Waals surface area (Å²) in [5.41, 5.74) is 9.99. The van der Waals surface area contributed by atoms with Gasteiger partial charge in [0.15, 0.2) is 0 Å². The van der Waals surface area contributed by atoms with Gasteiger partial charge in [-0.2, -0.15) is 15.5 Å². The van der Waals surface area contributed by atoms with E-state index in [1.807, 2.05) is 31.2 Å². The molecule has 5 aromatic rings. The summed E-state index contributed by atoms with van der Waals surface area (Å²) in [6.45, 7) is 11.5. The van der Waals surface area contributed by atoms with E-state index in [-0.39, 0.29) is 24.8 Å². The van der Waals surface area contributed by atoms with Gasteiger partial charge in [-0.25, -0.2) is 4.52 Å². The number of carboxylic acids is 1. The number of nitrogens with zero attached hydrogens (tertiary/aromatic N) is 9. The Hall–Kier alpha value is -5.89. The highest BCUT2D eigenvalue weighted by atomic mass is 16.4. The van der Waals surface area contributed by atoms with E-state index in [1.165, 1.54) is 10.7 Å². The van der Waals surface area contributed by atoms with Gasteiger partial charge in [-0.05, 0) is 108 Å². The molecule has 4 aromatic heterocycles. The maximum Gasteiger partial charge on any atom is 0.303 e. The number of aliphatic carboxylic acids is 1. The van der Waals surface area contributed by atoms with E-state index in [9.17, 15) is 24.8 Å². The van der Waals surface area contributed by atoms with Crippen LogP contribution < -0.4 is 16.0 Å². The largest absolute Gasteiger partial charge is 0.481 e. The predicted octanol–water partition coefficient (Wildman–Crippen LogP) is 4.94. The first-order chi connectivity index (χ1) is 29.2. The van der Waals surface area contributed by atoms with Gasteiger partial charge in [0.05, 0.1) is 57.4 Å². The smallest absolute Gasteiger partial charge is 0.303 e. The third-order valence-electron chi connectivity index (χ3n) is 13.1. The zero-order valence-electron chi connectivity index (χ0n) is 35.1. The molecule has 320 valence electrons. The highest BCUT2D eigenvalue weighted by molar-refractivity contribution is 6.05. The van der Waals surface area contributed by atoms with Gasteiger partial charge in [-0.1, -0.05) is 0 Å². The van der Waals surface area contributed by atoms with E-state index in [4.69, 9.17) is 20.9 Å². The van der Waals surface area contributed by atoms with Crippen molar-refractivity contribution in [1.29, 1.82) is 5.26 Å². The first-order valence-electron chi connectivity index (χ1n) is 21.4. The Kier molecular flexibility index (Phi) is 11.8. The Morgan fingerprint density at radius 2 is 1.61 bits per heavy atom. The Morgan fingerprint density at radius 3 is 2.23 bits per heavy atom. The number of nitrogens with two attached hydrogens (primary N) is 1. The number of anilines is 2. The van der Waals surface area contributed by atoms with Crippen LogP contribution in [0.1, 0.15) is 110 Å². The van der Waals surface area contributed by atoms with Crippen LogP contribution in [0.15, 0.2) is 54.9 Å². The van der Waals surface area contributed by atoms with Crippen LogP contribution in [-0.4, -0.2) is 114 Å². The number of carboxylic acid groups (broad SMARTS) is 1. The monoisotopic (exact) mass is 829 g/mol. The lowest BCUT2D eigenvalue weighted by atomic mass is 9.89. The molecule has 5 N–H and O–H groups in total. The summed E-state index contributed by atoms with van der Waals surface area (Å²) in [5.74, 6) is -2.60. The van der Waals surface area contributed by atoms with E-state index >= 15 is 0 Å². The van der Waals surface area contributed by atoms with E-state index < -0.39 is 23.4 Å². The second-order valence-electron chi connectivity index (χ2n) is 17.5. The number of hydrogen-bond acceptors (Lipinski definition) is 11. The van der Waals surface area contributed by atoms with Crippen molar-refractivity contribution in [3.63, 3.8) is 0 Å². The number of amides is 2. The van der Waals surface area contributed by atoms with Gasteiger partial charge in [0.2, 0.25) is 5.91 Å². The van der Waals surface area contributed by atoms with Crippen LogP contribution in [-0.2, 0) is 15.2 Å². The minimum atomic E-state index is -1.24. The molecule has 2 amide bonds. The van der Waals surface area contributed by atoms with Crippen molar-refractivity contribution in [2.75, 3.05) is 49.5 Å². The maximum absolute atomic E-state index is 13.5. The molecule has 1 aromatic carbocycles. The molecule has 16 nitrogen and oxygen atoms in total. The van der Waals surface area contributed by atoms with Crippen LogP contribution in [0.5, 0.6) is 0 Å². The van der Waals surface area contributed by atoms with Gasteiger partial charge in [-0.15, -0.1) is 0 Å². The third kappa shape index (κ3) is 8.95. The molecular weight excluding hydrogens is 775 g/mol. The summed E-state index contributed by atoms with van der Waals surface area (Å²) < 4.78 is 3.58. The zero-order chi connectivity index (χ0) is 43.0. The minimum absolute atomic E-state index is 0.135. The number of fused-ring (bicyclic) bond motifs is 2. The number of nitriles is 1. The van der Waals surface area contributed by atoms with Crippen LogP contribution in [0.25, 0.3) is 16.4 Å². The van der Waals surface area contributed by atoms with E-state index in [2.05, 4.69) is 42.1 Å². The molecular formula is C45H55N11O5. The average molecular weight is 830 g/mol. The molecule has 6 heterocycles. The van der Waals surface area contributed by atoms with Crippen LogP contribution in [0.2, 0.25) is 0 Å². The van der Waals surface area contributed by atoms with Crippen molar-refractivity contribution >= 4 is 45.6 Å². The molecule has 2 aliphatic heterocycles. The number of aryl methyl sites for hydroxylation is 1. The lowest BCUT2D eigenvalue weighted by Crippen LogP contribution is -2.55. The summed E-state index contributed by atoms with van der Waals surface area (Å²) in [6.07, 6.45) is 9.91. The lowest BCUT2D eigenvalue weighted by Gasteiger charge is -2.46. The molecule has 1 atom stereocenters. The van der Waals surface area contributed by atoms with Gasteiger partial charge >= 0.3 is 5.97 Å². The van der Waals surface area contributed by atoms with E-state index in [1.54, 1.807) is 32.0 Å². The van der Waals surface area contributed by atoms with Crippen LogP contribution in [0.3, 0.4) is 0 Å². The Labute approximate surface area is 354 Å². The van der Waals surface area contributed by atoms with Crippen LogP contribution >= 0.6 is 0 Å². The van der Waals surface area contributed by atoms with E-state index in [0.717, 1.165) is 100 Å². The van der Waals surface area contributed by atoms with Gasteiger partial charge in [0.25, 0.3) is 5.91 Å². The maximum atomic E-state index is 13.5. The second-order valence-corrected chi connectivity index (χ2v) is 17.5. The summed E-state index contributed by atoms with van der Waals surface area (Å²) >= 11 is 0. The standard InChI is InChI=1S/C45H55N11O5/c1-28-40(12-10-37(49-28)35(43(47)59)9-13-42(57)58)54-16-14-32(15-17-54)53-20-18-52(19-21-53)31-4-6-33(7-5-31)55-27-30-23-39(36(45(2,3)61)24-38(30)51-55)50-44(60)41-11-8-34-22-29(25-46)26-48-56(34)41/h8,10-12,22-24,26-27,31-33,35,61H,4-7,9,13-21H2,1-3H3,(H2,47,59)(H,50,60)(H,57,58). The molecule has 61 heavy (non-hydrogen) atoms. The SMILES string of the molecule is Cc1nc(C(CCC(=O)O)C(N)=O)ccc1N1CCC(N2CCN(C3CCC(n4cc5cc(NC(=O)c6ccc7cc(C#N)cnn67)c(C(C)(C)O)cc5n4)CC3)CC2)CC1. The number of pyridine rings is 1. The number of carbonyl (C=O) groups is 3. The number of piperazine rings is 1. The highest BCUT2D eigenvalue weighted by Crippen LogP contribution is 2.36. The third-order valence-corrected chi connectivity index (χ3v) is 13.1. The van der Waals surface area contributed by atoms with Gasteiger partial charge in [0, 0.05) is 80.6 Å². The number of primary amides is 1. The fraction of sp³-hybridized carbons (Fsp3) is 0.489. The molecule has 0 spiro atoms. The molecule has 0 bridgehead atoms. The van der Waals surface area contributed by atoms with Crippen LogP contribution in [0, 0.1) is 18.3 Å². The second kappa shape index (κ2) is 17.2. The van der Waals surface area contributed by atoms with Crippen molar-refractivity contribution in [1.82, 2.24) is 34.2 Å². The number of nitrogens with one attached hydrogen (secondary N) is 1. The lowest BCUT2D eigenvalue weighted by molar-refractivity contribution is -0.137. The van der Waals surface area contributed by atoms with Crippen molar-refractivity contribution in [2.24, 2.45) is 5.73 Å². The number of hydrogen-bond donors (Lipinski definition) is 4. The quantitative estimate of drug-likeness (QED) is 0.132. The Morgan fingerprint density at radius 1 is 0.934 bits per heavy atom. The topological polar surface area (TPSA) is 211 Å². The number of piperidine rings is 1. The summed E-state index contributed by atoms with van der Waals surface area (Å²) in [7, 11) is 0. The van der Waals surface area contributed by atoms with Crippen molar-refractivity contribution in [3.8, 4) is 6.07 Å². The van der Waals surface area contributed by atoms with Crippen LogP contribution in [0.4, 0.5) is 11.4 Å².